The van der Waals surface area contributed by atoms with Crippen LogP contribution in [0.2, 0.25) is 0 Å². The summed E-state index contributed by atoms with van der Waals surface area (Å²) in [5.41, 5.74) is 3.66. The lowest BCUT2D eigenvalue weighted by molar-refractivity contribution is -0.110. The van der Waals surface area contributed by atoms with Crippen LogP contribution in [-0.4, -0.2) is 46.3 Å². The molecule has 0 saturated heterocycles. The van der Waals surface area contributed by atoms with Crippen LogP contribution in [0.5, 0.6) is 11.5 Å². The van der Waals surface area contributed by atoms with Crippen molar-refractivity contribution >= 4 is 23.6 Å². The number of carbonyl (C=O) groups is 1. The second kappa shape index (κ2) is 11.6. The summed E-state index contributed by atoms with van der Waals surface area (Å²) in [7, 11) is 8.96. The third-order valence-corrected chi connectivity index (χ3v) is 4.56. The zero-order chi connectivity index (χ0) is 22.8. The van der Waals surface area contributed by atoms with Gasteiger partial charge >= 0.3 is 0 Å². The van der Waals surface area contributed by atoms with Crippen molar-refractivity contribution in [3.63, 3.8) is 0 Å². The molecule has 164 valence electrons. The molecule has 0 fully saturated rings. The molecule has 2 aromatic carbocycles. The van der Waals surface area contributed by atoms with Gasteiger partial charge in [-0.05, 0) is 55.1 Å². The number of aliphatic hydroxyl groups excluding tert-OH is 1. The minimum atomic E-state index is -0.335. The van der Waals surface area contributed by atoms with Crippen molar-refractivity contribution in [3.8, 4) is 11.5 Å². The van der Waals surface area contributed by atoms with E-state index in [2.05, 4.69) is 5.32 Å². The fraction of sp³-hybridized carbons (Fsp3) is 0.240. The van der Waals surface area contributed by atoms with Crippen molar-refractivity contribution in [2.75, 3.05) is 40.3 Å². The molecule has 0 radical (unpaired) electrons. The van der Waals surface area contributed by atoms with E-state index >= 15 is 0 Å². The fourth-order valence-electron chi connectivity index (χ4n) is 2.91. The Morgan fingerprint density at radius 2 is 1.61 bits per heavy atom. The molecule has 2 aromatic rings. The maximum atomic E-state index is 12.2. The number of ketones is 1. The highest BCUT2D eigenvalue weighted by atomic mass is 16.5. The van der Waals surface area contributed by atoms with E-state index in [1.165, 1.54) is 12.2 Å². The number of hydrogen-bond donors (Lipinski definition) is 2. The highest BCUT2D eigenvalue weighted by molar-refractivity contribution is 6.02. The number of nitrogens with one attached hydrogen (secondary N) is 1. The molecule has 0 atom stereocenters. The van der Waals surface area contributed by atoms with Crippen molar-refractivity contribution in [2.45, 2.75) is 6.54 Å². The number of anilines is 1. The van der Waals surface area contributed by atoms with Gasteiger partial charge in [0.25, 0.3) is 0 Å². The van der Waals surface area contributed by atoms with Crippen LogP contribution in [0.25, 0.3) is 12.2 Å². The third-order valence-electron chi connectivity index (χ3n) is 4.56. The van der Waals surface area contributed by atoms with Gasteiger partial charge in [0, 0.05) is 49.6 Å². The predicted molar refractivity (Wildman–Crippen MR) is 127 cm³/mol. The largest absolute Gasteiger partial charge is 0.508 e. The monoisotopic (exact) mass is 422 g/mol. The first-order valence-electron chi connectivity index (χ1n) is 9.85. The lowest BCUT2D eigenvalue weighted by Gasteiger charge is -2.14. The normalized spacial score (nSPS) is 11.8. The number of nitrogens with zero attached hydrogens (tertiary/aromatic N) is 1. The summed E-state index contributed by atoms with van der Waals surface area (Å²) < 4.78 is 10.8. The minimum absolute atomic E-state index is 0.148. The number of benzene rings is 2. The number of carbonyl (C=O) groups excluding carboxylic acids is 1. The first-order chi connectivity index (χ1) is 14.9. The van der Waals surface area contributed by atoms with Crippen molar-refractivity contribution in [3.05, 3.63) is 77.1 Å². The predicted octanol–water partition coefficient (Wildman–Crippen LogP) is 4.23. The summed E-state index contributed by atoms with van der Waals surface area (Å²) in [6.07, 6.45) is 7.39. The van der Waals surface area contributed by atoms with Gasteiger partial charge in [0.1, 0.15) is 17.3 Å². The van der Waals surface area contributed by atoms with Crippen LogP contribution in [0, 0.1) is 0 Å². The minimum Gasteiger partial charge on any atom is -0.508 e. The number of hydrogen-bond acceptors (Lipinski definition) is 6. The van der Waals surface area contributed by atoms with E-state index in [1.807, 2.05) is 62.4 Å². The number of methoxy groups -OCH3 is 2. The molecule has 0 amide bonds. The van der Waals surface area contributed by atoms with E-state index in [4.69, 9.17) is 9.47 Å². The highest BCUT2D eigenvalue weighted by Crippen LogP contribution is 2.26. The molecule has 6 nitrogen and oxygen atoms in total. The smallest absolute Gasteiger partial charge is 0.182 e. The van der Waals surface area contributed by atoms with Crippen LogP contribution in [0.1, 0.15) is 16.7 Å². The van der Waals surface area contributed by atoms with E-state index in [0.717, 1.165) is 35.0 Å². The fourth-order valence-corrected chi connectivity index (χ4v) is 2.91. The number of aliphatic hydroxyl groups is 1. The lowest BCUT2D eigenvalue weighted by atomic mass is 10.1. The Bertz CT molecular complexity index is 991. The van der Waals surface area contributed by atoms with Crippen molar-refractivity contribution < 1.29 is 19.4 Å². The van der Waals surface area contributed by atoms with E-state index in [0.29, 0.717) is 11.5 Å². The molecular weight excluding hydrogens is 392 g/mol. The molecule has 6 heteroatoms. The number of allylic oxidation sites excluding steroid dienone is 3. The molecule has 0 aromatic heterocycles. The first-order valence-corrected chi connectivity index (χ1v) is 9.85. The molecule has 0 spiro atoms. The van der Waals surface area contributed by atoms with Crippen molar-refractivity contribution in [1.29, 1.82) is 0 Å². The average Bonchev–Trinajstić information content (AvgIpc) is 2.76. The van der Waals surface area contributed by atoms with Gasteiger partial charge in [0.05, 0.1) is 14.2 Å². The van der Waals surface area contributed by atoms with Crippen LogP contribution < -0.4 is 19.7 Å². The van der Waals surface area contributed by atoms with E-state index in [9.17, 15) is 9.90 Å². The highest BCUT2D eigenvalue weighted by Gasteiger charge is 2.05. The third kappa shape index (κ3) is 7.04. The Balaban J connectivity index is 2.11. The molecule has 0 bridgehead atoms. The van der Waals surface area contributed by atoms with Gasteiger partial charge in [-0.1, -0.05) is 12.1 Å². The zero-order valence-electron chi connectivity index (χ0n) is 18.7. The summed E-state index contributed by atoms with van der Waals surface area (Å²) in [6, 6.07) is 11.5. The molecule has 0 saturated carbocycles. The summed E-state index contributed by atoms with van der Waals surface area (Å²) in [4.78, 5) is 14.2. The molecule has 2 N–H and O–H groups in total. The van der Waals surface area contributed by atoms with Crippen molar-refractivity contribution in [1.82, 2.24) is 5.32 Å². The van der Waals surface area contributed by atoms with Gasteiger partial charge in [0.2, 0.25) is 0 Å². The summed E-state index contributed by atoms with van der Waals surface area (Å²) in [6.45, 7) is 0.727. The summed E-state index contributed by atoms with van der Waals surface area (Å²) in [5, 5.41) is 13.2. The van der Waals surface area contributed by atoms with Crippen LogP contribution in [0.15, 0.2) is 60.4 Å². The maximum absolute atomic E-state index is 12.2. The van der Waals surface area contributed by atoms with E-state index < -0.39 is 0 Å². The van der Waals surface area contributed by atoms with Gasteiger partial charge in [-0.15, -0.1) is 0 Å². The molecule has 0 heterocycles. The zero-order valence-corrected chi connectivity index (χ0v) is 18.7. The second-order valence-corrected chi connectivity index (χ2v) is 7.07. The van der Waals surface area contributed by atoms with E-state index in [-0.39, 0.29) is 11.5 Å². The van der Waals surface area contributed by atoms with Gasteiger partial charge < -0.3 is 24.8 Å². The second-order valence-electron chi connectivity index (χ2n) is 7.07. The molecule has 2 rings (SSSR count). The number of rotatable bonds is 10. The quantitative estimate of drug-likeness (QED) is 0.339. The topological polar surface area (TPSA) is 71.0 Å². The van der Waals surface area contributed by atoms with E-state index in [1.54, 1.807) is 26.4 Å². The summed E-state index contributed by atoms with van der Waals surface area (Å²) >= 11 is 0. The standard InChI is InChI=1S/C25H30N2O4/c1-26-17-18-6-7-19(24(14-18)30-4)9-12-22(28)16-23(29)13-10-20-8-11-21(27(2)3)15-25(20)31-5/h6-16,26,29H,17H2,1-5H3/b12-9+,13-10+,23-16-. The van der Waals surface area contributed by atoms with Crippen LogP contribution >= 0.6 is 0 Å². The van der Waals surface area contributed by atoms with Crippen LogP contribution in [0.4, 0.5) is 5.69 Å². The Kier molecular flexibility index (Phi) is 8.91. The molecular formula is C25H30N2O4. The van der Waals surface area contributed by atoms with Crippen LogP contribution in [0.3, 0.4) is 0 Å². The molecule has 0 aliphatic carbocycles. The van der Waals surface area contributed by atoms with Gasteiger partial charge in [-0.3, -0.25) is 4.79 Å². The molecule has 31 heavy (non-hydrogen) atoms. The Labute approximate surface area is 184 Å². The Morgan fingerprint density at radius 3 is 2.23 bits per heavy atom. The number of ether oxygens (including phenoxy) is 2. The Morgan fingerprint density at radius 1 is 1.00 bits per heavy atom. The summed E-state index contributed by atoms with van der Waals surface area (Å²) in [5.74, 6) is 0.872. The van der Waals surface area contributed by atoms with Gasteiger partial charge in [-0.25, -0.2) is 0 Å². The Hall–Kier alpha value is -3.51. The van der Waals surface area contributed by atoms with Gasteiger partial charge in [-0.2, -0.15) is 0 Å². The maximum Gasteiger partial charge on any atom is 0.182 e. The average molecular weight is 423 g/mol. The molecule has 0 unspecified atom stereocenters. The first kappa shape index (κ1) is 23.8. The molecule has 0 aliphatic rings. The molecule has 0 aliphatic heterocycles. The van der Waals surface area contributed by atoms with Crippen LogP contribution in [-0.2, 0) is 11.3 Å². The van der Waals surface area contributed by atoms with Crippen molar-refractivity contribution in [2.24, 2.45) is 0 Å². The SMILES string of the molecule is CNCc1ccc(/C=C/C(=O)/C=C(O)/C=C/c2ccc(N(C)C)cc2OC)c(OC)c1. The lowest BCUT2D eigenvalue weighted by Crippen LogP contribution is -2.08. The van der Waals surface area contributed by atoms with Gasteiger partial charge in [0.15, 0.2) is 5.78 Å².